The first-order valence-electron chi connectivity index (χ1n) is 5.35. The molecule has 2 aromatic rings. The van der Waals surface area contributed by atoms with Gasteiger partial charge in [0, 0.05) is 38.0 Å². The maximum atomic E-state index is 9.59. The number of nitrogens with one attached hydrogen (secondary N) is 1. The molecule has 0 spiro atoms. The molecule has 0 bridgehead atoms. The van der Waals surface area contributed by atoms with Gasteiger partial charge in [-0.05, 0) is 12.1 Å². The minimum Gasteiger partial charge on any atom is -0.508 e. The summed E-state index contributed by atoms with van der Waals surface area (Å²) in [5, 5.41) is 26.0. The third-order valence-electron chi connectivity index (χ3n) is 2.61. The minimum absolute atomic E-state index is 0. The van der Waals surface area contributed by atoms with Crippen LogP contribution in [0.25, 0.3) is 0 Å². The van der Waals surface area contributed by atoms with E-state index in [1.54, 1.807) is 23.0 Å². The monoisotopic (exact) mass is 269 g/mol. The van der Waals surface area contributed by atoms with Crippen LogP contribution in [-0.4, -0.2) is 20.0 Å². The number of phenols is 2. The fraction of sp³-hybridized carbons (Fsp3) is 0.250. The fourth-order valence-electron chi connectivity index (χ4n) is 1.60. The molecule has 1 heterocycles. The van der Waals surface area contributed by atoms with Crippen LogP contribution in [0.4, 0.5) is 0 Å². The zero-order chi connectivity index (χ0) is 12.3. The summed E-state index contributed by atoms with van der Waals surface area (Å²) >= 11 is 0. The van der Waals surface area contributed by atoms with Gasteiger partial charge in [0.15, 0.2) is 0 Å². The first-order valence-corrected chi connectivity index (χ1v) is 5.35. The van der Waals surface area contributed by atoms with Crippen LogP contribution in [0.15, 0.2) is 30.5 Å². The first kappa shape index (κ1) is 14.3. The van der Waals surface area contributed by atoms with E-state index in [0.717, 1.165) is 11.3 Å². The third kappa shape index (κ3) is 3.38. The quantitative estimate of drug-likeness (QED) is 0.788. The van der Waals surface area contributed by atoms with Gasteiger partial charge in [0.2, 0.25) is 0 Å². The van der Waals surface area contributed by atoms with Crippen molar-refractivity contribution in [3.63, 3.8) is 0 Å². The van der Waals surface area contributed by atoms with Crippen molar-refractivity contribution in [3.05, 3.63) is 41.7 Å². The molecule has 5 nitrogen and oxygen atoms in total. The van der Waals surface area contributed by atoms with E-state index in [9.17, 15) is 5.11 Å². The summed E-state index contributed by atoms with van der Waals surface area (Å²) in [7, 11) is 1.88. The van der Waals surface area contributed by atoms with Crippen molar-refractivity contribution in [2.24, 2.45) is 7.05 Å². The maximum absolute atomic E-state index is 9.59. The SMILES string of the molecule is Cl.Cn1nccc1CNCc1ccc(O)cc1O. The van der Waals surface area contributed by atoms with Crippen molar-refractivity contribution in [3.8, 4) is 11.5 Å². The summed E-state index contributed by atoms with van der Waals surface area (Å²) in [5.74, 6) is 0.167. The molecule has 0 aliphatic heterocycles. The van der Waals surface area contributed by atoms with E-state index < -0.39 is 0 Å². The number of nitrogens with zero attached hydrogens (tertiary/aromatic N) is 2. The Bertz CT molecular complexity index is 514. The Morgan fingerprint density at radius 2 is 2.00 bits per heavy atom. The van der Waals surface area contributed by atoms with E-state index >= 15 is 0 Å². The van der Waals surface area contributed by atoms with E-state index in [0.29, 0.717) is 13.1 Å². The highest BCUT2D eigenvalue weighted by molar-refractivity contribution is 5.85. The molecular weight excluding hydrogens is 254 g/mol. The molecule has 0 fully saturated rings. The van der Waals surface area contributed by atoms with Gasteiger partial charge < -0.3 is 15.5 Å². The van der Waals surface area contributed by atoms with Crippen molar-refractivity contribution in [1.29, 1.82) is 0 Å². The number of benzene rings is 1. The zero-order valence-corrected chi connectivity index (χ0v) is 10.8. The first-order chi connectivity index (χ1) is 8.16. The number of aromatic hydroxyl groups is 2. The van der Waals surface area contributed by atoms with Crippen molar-refractivity contribution < 1.29 is 10.2 Å². The average molecular weight is 270 g/mol. The summed E-state index contributed by atoms with van der Waals surface area (Å²) in [4.78, 5) is 0. The topological polar surface area (TPSA) is 70.3 Å². The highest BCUT2D eigenvalue weighted by Gasteiger charge is 2.03. The van der Waals surface area contributed by atoms with Crippen LogP contribution >= 0.6 is 12.4 Å². The van der Waals surface area contributed by atoms with Gasteiger partial charge in [-0.25, -0.2) is 0 Å². The van der Waals surface area contributed by atoms with Crippen molar-refractivity contribution in [2.45, 2.75) is 13.1 Å². The van der Waals surface area contributed by atoms with Crippen LogP contribution in [-0.2, 0) is 20.1 Å². The molecule has 0 atom stereocenters. The molecule has 3 N–H and O–H groups in total. The zero-order valence-electron chi connectivity index (χ0n) is 10.00. The highest BCUT2D eigenvalue weighted by atomic mass is 35.5. The molecule has 1 aromatic carbocycles. The lowest BCUT2D eigenvalue weighted by molar-refractivity contribution is 0.443. The lowest BCUT2D eigenvalue weighted by Gasteiger charge is -2.07. The molecule has 0 unspecified atom stereocenters. The van der Waals surface area contributed by atoms with Crippen LogP contribution in [0.2, 0.25) is 0 Å². The van der Waals surface area contributed by atoms with Gasteiger partial charge in [-0.2, -0.15) is 5.10 Å². The Kier molecular flexibility index (Phi) is 5.00. The van der Waals surface area contributed by atoms with Crippen LogP contribution in [0.3, 0.4) is 0 Å². The second-order valence-corrected chi connectivity index (χ2v) is 3.86. The number of rotatable bonds is 4. The molecule has 2 rings (SSSR count). The van der Waals surface area contributed by atoms with Gasteiger partial charge in [0.05, 0.1) is 5.69 Å². The molecule has 0 aliphatic carbocycles. The molecule has 0 amide bonds. The normalized spacial score (nSPS) is 10.1. The molecule has 1 aromatic heterocycles. The number of hydrogen-bond acceptors (Lipinski definition) is 4. The van der Waals surface area contributed by atoms with E-state index in [4.69, 9.17) is 5.11 Å². The summed E-state index contributed by atoms with van der Waals surface area (Å²) in [6, 6.07) is 6.52. The summed E-state index contributed by atoms with van der Waals surface area (Å²) < 4.78 is 1.80. The molecule has 6 heteroatoms. The molecule has 98 valence electrons. The number of phenolic OH excluding ortho intramolecular Hbond substituents is 2. The Labute approximate surface area is 111 Å². The smallest absolute Gasteiger partial charge is 0.123 e. The Morgan fingerprint density at radius 1 is 1.22 bits per heavy atom. The molecule has 0 saturated heterocycles. The summed E-state index contributed by atoms with van der Waals surface area (Å²) in [6.07, 6.45) is 1.75. The predicted molar refractivity (Wildman–Crippen MR) is 70.8 cm³/mol. The average Bonchev–Trinajstić information content (AvgIpc) is 2.68. The van der Waals surface area contributed by atoms with Crippen molar-refractivity contribution >= 4 is 12.4 Å². The number of halogens is 1. The molecule has 0 radical (unpaired) electrons. The van der Waals surface area contributed by atoms with Crippen molar-refractivity contribution in [2.75, 3.05) is 0 Å². The molecule has 18 heavy (non-hydrogen) atoms. The van der Waals surface area contributed by atoms with E-state index in [1.807, 2.05) is 13.1 Å². The number of aryl methyl sites for hydroxylation is 1. The van der Waals surface area contributed by atoms with Crippen LogP contribution in [0.5, 0.6) is 11.5 Å². The lowest BCUT2D eigenvalue weighted by Crippen LogP contribution is -2.15. The summed E-state index contributed by atoms with van der Waals surface area (Å²) in [6.45, 7) is 1.22. The van der Waals surface area contributed by atoms with Gasteiger partial charge in [0.25, 0.3) is 0 Å². The van der Waals surface area contributed by atoms with E-state index in [-0.39, 0.29) is 23.9 Å². The van der Waals surface area contributed by atoms with E-state index in [1.165, 1.54) is 6.07 Å². The maximum Gasteiger partial charge on any atom is 0.123 e. The van der Waals surface area contributed by atoms with Gasteiger partial charge in [0.1, 0.15) is 11.5 Å². The van der Waals surface area contributed by atoms with Crippen LogP contribution in [0.1, 0.15) is 11.3 Å². The van der Waals surface area contributed by atoms with Crippen molar-refractivity contribution in [1.82, 2.24) is 15.1 Å². The second kappa shape index (κ2) is 6.28. The van der Waals surface area contributed by atoms with E-state index in [2.05, 4.69) is 10.4 Å². The Balaban J connectivity index is 0.00000162. The molecular formula is C12H16ClN3O2. The standard InChI is InChI=1S/C12H15N3O2.ClH/c1-15-10(4-5-14-15)8-13-7-9-2-3-11(16)6-12(9)17;/h2-6,13,16-17H,7-8H2,1H3;1H. The Morgan fingerprint density at radius 3 is 2.61 bits per heavy atom. The van der Waals surface area contributed by atoms with Gasteiger partial charge in [-0.3, -0.25) is 4.68 Å². The fourth-order valence-corrected chi connectivity index (χ4v) is 1.60. The predicted octanol–water partition coefficient (Wildman–Crippen LogP) is 1.54. The molecule has 0 aliphatic rings. The number of aromatic nitrogens is 2. The molecule has 0 saturated carbocycles. The van der Waals surface area contributed by atoms with Crippen LogP contribution < -0.4 is 5.32 Å². The van der Waals surface area contributed by atoms with Gasteiger partial charge in [-0.1, -0.05) is 6.07 Å². The lowest BCUT2D eigenvalue weighted by atomic mass is 10.2. The second-order valence-electron chi connectivity index (χ2n) is 3.86. The van der Waals surface area contributed by atoms with Gasteiger partial charge in [-0.15, -0.1) is 12.4 Å². The highest BCUT2D eigenvalue weighted by Crippen LogP contribution is 2.22. The van der Waals surface area contributed by atoms with Crippen LogP contribution in [0, 0.1) is 0 Å². The third-order valence-corrected chi connectivity index (χ3v) is 2.61. The Hall–Kier alpha value is -1.72. The largest absolute Gasteiger partial charge is 0.508 e. The number of hydrogen-bond donors (Lipinski definition) is 3. The summed E-state index contributed by atoms with van der Waals surface area (Å²) in [5.41, 5.74) is 1.83. The minimum atomic E-state index is 0. The van der Waals surface area contributed by atoms with Gasteiger partial charge >= 0.3 is 0 Å².